The molecule has 8 heteroatoms. The first-order chi connectivity index (χ1) is 15.7. The Balaban J connectivity index is 0.00000281. The summed E-state index contributed by atoms with van der Waals surface area (Å²) in [6.45, 7) is 22.9. The number of allylic oxidation sites excluding steroid dienone is 1. The van der Waals surface area contributed by atoms with Gasteiger partial charge in [0.25, 0.3) is 0 Å². The van der Waals surface area contributed by atoms with Crippen LogP contribution in [0.25, 0.3) is 0 Å². The molecule has 1 fully saturated rings. The second-order valence-corrected chi connectivity index (χ2v) is 11.6. The van der Waals surface area contributed by atoms with Gasteiger partial charge in [0.15, 0.2) is 0 Å². The van der Waals surface area contributed by atoms with Crippen LogP contribution in [-0.4, -0.2) is 52.9 Å². The molecule has 0 unspecified atom stereocenters. The van der Waals surface area contributed by atoms with Gasteiger partial charge in [-0.25, -0.2) is 14.6 Å². The zero-order valence-corrected chi connectivity index (χ0v) is 23.9. The van der Waals surface area contributed by atoms with Crippen LogP contribution >= 0.6 is 11.3 Å². The standard InChI is InChI=1S/C24H39N3O4S.C2H6/c1-16(2)10-15-27(22(29)31-24(7,8)9)20-17(3)25-19(32-20)18-11-13-26(14-12-18)21(28)30-23(4,5)6;1-2/h10,18H,11-15H2,1-9H3;1-2H3. The summed E-state index contributed by atoms with van der Waals surface area (Å²) in [5.41, 5.74) is 0.894. The monoisotopic (exact) mass is 495 g/mol. The van der Waals surface area contributed by atoms with Gasteiger partial charge in [0, 0.05) is 25.6 Å². The Kier molecular flexibility index (Phi) is 11.1. The molecule has 0 aromatic carbocycles. The lowest BCUT2D eigenvalue weighted by Gasteiger charge is -2.32. The zero-order valence-electron chi connectivity index (χ0n) is 23.1. The maximum atomic E-state index is 12.9. The van der Waals surface area contributed by atoms with Crippen molar-refractivity contribution < 1.29 is 19.1 Å². The number of aryl methyl sites for hydroxylation is 1. The van der Waals surface area contributed by atoms with E-state index in [-0.39, 0.29) is 18.1 Å². The van der Waals surface area contributed by atoms with Crippen molar-refractivity contribution in [1.82, 2.24) is 9.88 Å². The molecule has 1 aromatic rings. The Hall–Kier alpha value is -2.09. The minimum absolute atomic E-state index is 0.259. The summed E-state index contributed by atoms with van der Waals surface area (Å²) in [4.78, 5) is 33.5. The lowest BCUT2D eigenvalue weighted by Crippen LogP contribution is -2.41. The number of aromatic nitrogens is 1. The van der Waals surface area contributed by atoms with Gasteiger partial charge in [-0.15, -0.1) is 11.3 Å². The number of carbonyl (C=O) groups excluding carboxylic acids is 2. The van der Waals surface area contributed by atoms with Gasteiger partial charge < -0.3 is 14.4 Å². The molecule has 1 aliphatic rings. The molecule has 2 heterocycles. The van der Waals surface area contributed by atoms with Crippen LogP contribution in [0.5, 0.6) is 0 Å². The van der Waals surface area contributed by atoms with Crippen molar-refractivity contribution in [2.24, 2.45) is 0 Å². The molecular weight excluding hydrogens is 450 g/mol. The number of thiazole rings is 1. The molecule has 1 aliphatic heterocycles. The van der Waals surface area contributed by atoms with Crippen LogP contribution in [0, 0.1) is 6.92 Å². The number of rotatable bonds is 4. The molecule has 2 rings (SSSR count). The highest BCUT2D eigenvalue weighted by Gasteiger charge is 2.31. The van der Waals surface area contributed by atoms with Crippen molar-refractivity contribution in [3.05, 3.63) is 22.4 Å². The Labute approximate surface area is 210 Å². The number of piperidine rings is 1. The largest absolute Gasteiger partial charge is 0.444 e. The Morgan fingerprint density at radius 3 is 2.06 bits per heavy atom. The molecule has 0 atom stereocenters. The average Bonchev–Trinajstić information content (AvgIpc) is 3.08. The average molecular weight is 496 g/mol. The lowest BCUT2D eigenvalue weighted by molar-refractivity contribution is 0.0204. The number of likely N-dealkylation sites (tertiary alicyclic amines) is 1. The SMILES string of the molecule is CC.CC(C)=CCN(C(=O)OC(C)(C)C)c1sc(C2CCN(C(=O)OC(C)(C)C)CC2)nc1C. The molecule has 194 valence electrons. The van der Waals surface area contributed by atoms with Crippen LogP contribution in [0.3, 0.4) is 0 Å². The minimum atomic E-state index is -0.573. The van der Waals surface area contributed by atoms with Crippen molar-refractivity contribution >= 4 is 28.5 Å². The van der Waals surface area contributed by atoms with E-state index in [9.17, 15) is 9.59 Å². The smallest absolute Gasteiger partial charge is 0.415 e. The summed E-state index contributed by atoms with van der Waals surface area (Å²) in [5.74, 6) is 0.259. The van der Waals surface area contributed by atoms with E-state index < -0.39 is 11.2 Å². The summed E-state index contributed by atoms with van der Waals surface area (Å²) >= 11 is 1.55. The first-order valence-electron chi connectivity index (χ1n) is 12.3. The maximum absolute atomic E-state index is 12.9. The van der Waals surface area contributed by atoms with Gasteiger partial charge in [0.1, 0.15) is 16.2 Å². The summed E-state index contributed by atoms with van der Waals surface area (Å²) in [7, 11) is 0. The van der Waals surface area contributed by atoms with E-state index >= 15 is 0 Å². The van der Waals surface area contributed by atoms with Crippen molar-refractivity contribution in [1.29, 1.82) is 0 Å². The van der Waals surface area contributed by atoms with Gasteiger partial charge in [-0.3, -0.25) is 4.90 Å². The number of anilines is 1. The van der Waals surface area contributed by atoms with Crippen molar-refractivity contribution in [3.63, 3.8) is 0 Å². The fourth-order valence-corrected chi connectivity index (χ4v) is 4.54. The van der Waals surface area contributed by atoms with E-state index in [1.807, 2.05) is 82.2 Å². The molecule has 1 saturated heterocycles. The van der Waals surface area contributed by atoms with Gasteiger partial charge in [-0.05, 0) is 75.2 Å². The fraction of sp³-hybridized carbons (Fsp3) is 0.731. The molecule has 0 radical (unpaired) electrons. The quantitative estimate of drug-likeness (QED) is 0.410. The van der Waals surface area contributed by atoms with Crippen LogP contribution in [0.1, 0.15) is 98.7 Å². The first kappa shape index (κ1) is 29.9. The Morgan fingerprint density at radius 2 is 1.59 bits per heavy atom. The number of nitrogens with zero attached hydrogens (tertiary/aromatic N) is 3. The van der Waals surface area contributed by atoms with Gasteiger partial charge in [0.05, 0.1) is 10.7 Å². The normalized spacial score (nSPS) is 14.6. The maximum Gasteiger partial charge on any atom is 0.415 e. The molecule has 0 bridgehead atoms. The second-order valence-electron chi connectivity index (χ2n) is 10.6. The van der Waals surface area contributed by atoms with Gasteiger partial charge >= 0.3 is 12.2 Å². The molecule has 0 saturated carbocycles. The van der Waals surface area contributed by atoms with E-state index in [2.05, 4.69) is 0 Å². The zero-order chi connectivity index (χ0) is 26.3. The summed E-state index contributed by atoms with van der Waals surface area (Å²) in [6.07, 6.45) is 3.04. The Morgan fingerprint density at radius 1 is 1.06 bits per heavy atom. The third-order valence-corrected chi connectivity index (χ3v) is 6.17. The van der Waals surface area contributed by atoms with Crippen molar-refractivity contribution in [3.8, 4) is 0 Å². The van der Waals surface area contributed by atoms with E-state index in [1.54, 1.807) is 21.1 Å². The third kappa shape index (κ3) is 9.65. The number of hydrogen-bond donors (Lipinski definition) is 0. The van der Waals surface area contributed by atoms with Gasteiger partial charge in [0.2, 0.25) is 0 Å². The first-order valence-corrected chi connectivity index (χ1v) is 13.1. The number of ether oxygens (including phenoxy) is 2. The molecular formula is C26H45N3O4S. The van der Waals surface area contributed by atoms with Gasteiger partial charge in [-0.1, -0.05) is 25.5 Å². The highest BCUT2D eigenvalue weighted by Crippen LogP contribution is 2.37. The highest BCUT2D eigenvalue weighted by molar-refractivity contribution is 7.16. The number of amides is 2. The predicted molar refractivity (Wildman–Crippen MR) is 141 cm³/mol. The molecule has 0 N–H and O–H groups in total. The van der Waals surface area contributed by atoms with Crippen LogP contribution in [-0.2, 0) is 9.47 Å². The second kappa shape index (κ2) is 12.6. The fourth-order valence-electron chi connectivity index (χ4n) is 3.30. The summed E-state index contributed by atoms with van der Waals surface area (Å²) in [5, 5.41) is 1.83. The number of carbonyl (C=O) groups is 2. The summed E-state index contributed by atoms with van der Waals surface area (Å²) in [6, 6.07) is 0. The van der Waals surface area contributed by atoms with Crippen LogP contribution < -0.4 is 4.90 Å². The van der Waals surface area contributed by atoms with E-state index in [0.717, 1.165) is 34.1 Å². The molecule has 7 nitrogen and oxygen atoms in total. The minimum Gasteiger partial charge on any atom is -0.444 e. The van der Waals surface area contributed by atoms with E-state index in [0.29, 0.717) is 19.6 Å². The molecule has 0 aliphatic carbocycles. The third-order valence-electron chi connectivity index (χ3n) is 4.83. The van der Waals surface area contributed by atoms with Crippen LogP contribution in [0.2, 0.25) is 0 Å². The van der Waals surface area contributed by atoms with Crippen LogP contribution in [0.4, 0.5) is 14.6 Å². The molecule has 0 spiro atoms. The van der Waals surface area contributed by atoms with E-state index in [4.69, 9.17) is 14.5 Å². The number of hydrogen-bond acceptors (Lipinski definition) is 6. The molecule has 1 aromatic heterocycles. The van der Waals surface area contributed by atoms with Crippen molar-refractivity contribution in [2.45, 2.75) is 106 Å². The van der Waals surface area contributed by atoms with Crippen LogP contribution in [0.15, 0.2) is 11.6 Å². The molecule has 34 heavy (non-hydrogen) atoms. The van der Waals surface area contributed by atoms with Gasteiger partial charge in [-0.2, -0.15) is 0 Å². The summed E-state index contributed by atoms with van der Waals surface area (Å²) < 4.78 is 11.2. The Bertz CT molecular complexity index is 837. The predicted octanol–water partition coefficient (Wildman–Crippen LogP) is 7.30. The van der Waals surface area contributed by atoms with Crippen molar-refractivity contribution in [2.75, 3.05) is 24.5 Å². The van der Waals surface area contributed by atoms with E-state index in [1.165, 1.54) is 0 Å². The molecule has 2 amide bonds. The lowest BCUT2D eigenvalue weighted by atomic mass is 9.98. The topological polar surface area (TPSA) is 72.0 Å². The highest BCUT2D eigenvalue weighted by atomic mass is 32.1.